The van der Waals surface area contributed by atoms with Gasteiger partial charge in [-0.3, -0.25) is 4.79 Å². The van der Waals surface area contributed by atoms with Gasteiger partial charge in [-0.05, 0) is 30.7 Å². The monoisotopic (exact) mass is 305 g/mol. The van der Waals surface area contributed by atoms with Crippen LogP contribution < -0.4 is 5.43 Å². The standard InChI is InChI=1S/C13H12BrN3O/c1-7-4-10(13(18)17-16-7)11-6-15-12-3-2-8(14)5-9(11)12/h2-3,5-6,10,15H,4H2,1H3,(H,17,18). The van der Waals surface area contributed by atoms with E-state index in [1.54, 1.807) is 0 Å². The predicted octanol–water partition coefficient (Wildman–Crippen LogP) is 2.91. The van der Waals surface area contributed by atoms with Crippen molar-refractivity contribution in [3.05, 3.63) is 34.4 Å². The number of hydrogen-bond acceptors (Lipinski definition) is 2. The van der Waals surface area contributed by atoms with Crippen LogP contribution in [-0.4, -0.2) is 16.6 Å². The van der Waals surface area contributed by atoms with Crippen molar-refractivity contribution < 1.29 is 4.79 Å². The Morgan fingerprint density at radius 3 is 3.11 bits per heavy atom. The van der Waals surface area contributed by atoms with Gasteiger partial charge in [0.25, 0.3) is 0 Å². The van der Waals surface area contributed by atoms with E-state index in [2.05, 4.69) is 31.4 Å². The van der Waals surface area contributed by atoms with E-state index in [9.17, 15) is 4.79 Å². The van der Waals surface area contributed by atoms with E-state index >= 15 is 0 Å². The molecule has 1 amide bonds. The first kappa shape index (κ1) is 11.5. The molecule has 1 aromatic heterocycles. The zero-order valence-electron chi connectivity index (χ0n) is 9.83. The Morgan fingerprint density at radius 2 is 2.28 bits per heavy atom. The Kier molecular flexibility index (Phi) is 2.70. The average Bonchev–Trinajstić information content (AvgIpc) is 2.75. The highest BCUT2D eigenvalue weighted by Crippen LogP contribution is 2.31. The molecule has 0 fully saturated rings. The summed E-state index contributed by atoms with van der Waals surface area (Å²) in [7, 11) is 0. The zero-order valence-corrected chi connectivity index (χ0v) is 11.4. The van der Waals surface area contributed by atoms with Crippen LogP contribution in [0.25, 0.3) is 10.9 Å². The number of hydrazone groups is 1. The van der Waals surface area contributed by atoms with Crippen molar-refractivity contribution in [3.63, 3.8) is 0 Å². The molecule has 1 aliphatic heterocycles. The fourth-order valence-corrected chi connectivity index (χ4v) is 2.68. The van der Waals surface area contributed by atoms with E-state index in [1.807, 2.05) is 31.3 Å². The molecule has 0 radical (unpaired) electrons. The molecule has 0 bridgehead atoms. The largest absolute Gasteiger partial charge is 0.361 e. The van der Waals surface area contributed by atoms with E-state index in [-0.39, 0.29) is 11.8 Å². The first-order chi connectivity index (χ1) is 8.65. The molecule has 1 aliphatic rings. The van der Waals surface area contributed by atoms with Crippen molar-refractivity contribution in [1.82, 2.24) is 10.4 Å². The molecule has 0 saturated heterocycles. The van der Waals surface area contributed by atoms with Gasteiger partial charge >= 0.3 is 0 Å². The molecule has 1 aromatic carbocycles. The van der Waals surface area contributed by atoms with Crippen molar-refractivity contribution in [1.29, 1.82) is 0 Å². The normalized spacial score (nSPS) is 19.8. The molecule has 2 aromatic rings. The Hall–Kier alpha value is -1.62. The van der Waals surface area contributed by atoms with Gasteiger partial charge < -0.3 is 4.98 Å². The van der Waals surface area contributed by atoms with E-state index in [0.717, 1.165) is 26.7 Å². The smallest absolute Gasteiger partial charge is 0.248 e. The Balaban J connectivity index is 2.11. The number of halogens is 1. The summed E-state index contributed by atoms with van der Waals surface area (Å²) < 4.78 is 1.01. The average molecular weight is 306 g/mol. The first-order valence-corrected chi connectivity index (χ1v) is 6.54. The van der Waals surface area contributed by atoms with Crippen molar-refractivity contribution in [3.8, 4) is 0 Å². The Morgan fingerprint density at radius 1 is 1.44 bits per heavy atom. The minimum atomic E-state index is -0.162. The molecular weight excluding hydrogens is 294 g/mol. The number of nitrogens with one attached hydrogen (secondary N) is 2. The minimum Gasteiger partial charge on any atom is -0.361 e. The summed E-state index contributed by atoms with van der Waals surface area (Å²) in [6, 6.07) is 6.02. The van der Waals surface area contributed by atoms with Gasteiger partial charge in [0.2, 0.25) is 5.91 Å². The fraction of sp³-hybridized carbons (Fsp3) is 0.231. The SMILES string of the molecule is CC1=NNC(=O)C(c2c[nH]c3ccc(Br)cc23)C1. The van der Waals surface area contributed by atoms with Crippen LogP contribution >= 0.6 is 15.9 Å². The van der Waals surface area contributed by atoms with Crippen molar-refractivity contribution >= 4 is 38.5 Å². The molecule has 0 spiro atoms. The van der Waals surface area contributed by atoms with Gasteiger partial charge in [0.05, 0.1) is 5.92 Å². The van der Waals surface area contributed by atoms with Crippen LogP contribution in [0.5, 0.6) is 0 Å². The molecule has 5 heteroatoms. The third kappa shape index (κ3) is 1.84. The first-order valence-electron chi connectivity index (χ1n) is 5.74. The number of H-pyrrole nitrogens is 1. The molecule has 0 saturated carbocycles. The van der Waals surface area contributed by atoms with Gasteiger partial charge in [-0.1, -0.05) is 15.9 Å². The number of aromatic nitrogens is 1. The number of rotatable bonds is 1. The predicted molar refractivity (Wildman–Crippen MR) is 74.6 cm³/mol. The molecule has 92 valence electrons. The number of carbonyl (C=O) groups is 1. The fourth-order valence-electron chi connectivity index (χ4n) is 2.32. The topological polar surface area (TPSA) is 57.2 Å². The van der Waals surface area contributed by atoms with Crippen LogP contribution in [0.15, 0.2) is 34.0 Å². The number of carbonyl (C=O) groups excluding carboxylic acids is 1. The van der Waals surface area contributed by atoms with E-state index < -0.39 is 0 Å². The summed E-state index contributed by atoms with van der Waals surface area (Å²) in [5, 5.41) is 5.05. The van der Waals surface area contributed by atoms with Crippen LogP contribution in [0, 0.1) is 0 Å². The molecular formula is C13H12BrN3O. The molecule has 1 unspecified atom stereocenters. The zero-order chi connectivity index (χ0) is 12.7. The summed E-state index contributed by atoms with van der Waals surface area (Å²) in [6.07, 6.45) is 2.59. The van der Waals surface area contributed by atoms with Crippen LogP contribution in [-0.2, 0) is 4.79 Å². The lowest BCUT2D eigenvalue weighted by Crippen LogP contribution is -2.32. The Labute approximate surface area is 113 Å². The van der Waals surface area contributed by atoms with Crippen LogP contribution in [0.4, 0.5) is 0 Å². The van der Waals surface area contributed by atoms with Crippen molar-refractivity contribution in [2.24, 2.45) is 5.10 Å². The number of nitrogens with zero attached hydrogens (tertiary/aromatic N) is 1. The Bertz CT molecular complexity index is 659. The van der Waals surface area contributed by atoms with Gasteiger partial charge in [0.1, 0.15) is 0 Å². The summed E-state index contributed by atoms with van der Waals surface area (Å²) in [5.41, 5.74) is 5.59. The maximum absolute atomic E-state index is 11.9. The van der Waals surface area contributed by atoms with Gasteiger partial charge in [-0.15, -0.1) is 0 Å². The summed E-state index contributed by atoms with van der Waals surface area (Å²) >= 11 is 3.46. The molecule has 3 rings (SSSR count). The van der Waals surface area contributed by atoms with Crippen molar-refractivity contribution in [2.45, 2.75) is 19.3 Å². The number of amides is 1. The second kappa shape index (κ2) is 4.24. The maximum atomic E-state index is 11.9. The molecule has 4 nitrogen and oxygen atoms in total. The highest BCUT2D eigenvalue weighted by Gasteiger charge is 2.27. The second-order valence-electron chi connectivity index (χ2n) is 4.51. The molecule has 2 heterocycles. The van der Waals surface area contributed by atoms with Crippen molar-refractivity contribution in [2.75, 3.05) is 0 Å². The molecule has 0 aliphatic carbocycles. The summed E-state index contributed by atoms with van der Waals surface area (Å²) in [5.74, 6) is -0.202. The number of hydrogen-bond donors (Lipinski definition) is 2. The quantitative estimate of drug-likeness (QED) is 0.836. The van der Waals surface area contributed by atoms with Crippen LogP contribution in [0.2, 0.25) is 0 Å². The maximum Gasteiger partial charge on any atom is 0.248 e. The number of aromatic amines is 1. The molecule has 2 N–H and O–H groups in total. The van der Waals surface area contributed by atoms with E-state index in [1.165, 1.54) is 0 Å². The number of benzene rings is 1. The third-order valence-electron chi connectivity index (χ3n) is 3.22. The summed E-state index contributed by atoms with van der Waals surface area (Å²) in [4.78, 5) is 15.1. The van der Waals surface area contributed by atoms with Crippen LogP contribution in [0.3, 0.4) is 0 Å². The van der Waals surface area contributed by atoms with Gasteiger partial charge in [0, 0.05) is 33.7 Å². The summed E-state index contributed by atoms with van der Waals surface area (Å²) in [6.45, 7) is 1.93. The van der Waals surface area contributed by atoms with Gasteiger partial charge in [-0.2, -0.15) is 5.10 Å². The number of fused-ring (bicyclic) bond motifs is 1. The van der Waals surface area contributed by atoms with E-state index in [4.69, 9.17) is 0 Å². The van der Waals surface area contributed by atoms with E-state index in [0.29, 0.717) is 6.42 Å². The second-order valence-corrected chi connectivity index (χ2v) is 5.43. The lowest BCUT2D eigenvalue weighted by molar-refractivity contribution is -0.122. The molecule has 1 atom stereocenters. The van der Waals surface area contributed by atoms with Gasteiger partial charge in [-0.25, -0.2) is 5.43 Å². The van der Waals surface area contributed by atoms with Crippen LogP contribution in [0.1, 0.15) is 24.8 Å². The highest BCUT2D eigenvalue weighted by atomic mass is 79.9. The highest BCUT2D eigenvalue weighted by molar-refractivity contribution is 9.10. The molecule has 18 heavy (non-hydrogen) atoms. The lowest BCUT2D eigenvalue weighted by atomic mass is 9.92. The van der Waals surface area contributed by atoms with Gasteiger partial charge in [0.15, 0.2) is 0 Å². The third-order valence-corrected chi connectivity index (χ3v) is 3.72. The lowest BCUT2D eigenvalue weighted by Gasteiger charge is -2.19. The minimum absolute atomic E-state index is 0.0403.